The lowest BCUT2D eigenvalue weighted by Crippen LogP contribution is -2.25. The van der Waals surface area contributed by atoms with E-state index in [1.807, 2.05) is 24.3 Å². The van der Waals surface area contributed by atoms with E-state index in [0.29, 0.717) is 5.02 Å². The van der Waals surface area contributed by atoms with Gasteiger partial charge in [-0.25, -0.2) is 4.39 Å². The fourth-order valence-electron chi connectivity index (χ4n) is 1.96. The zero-order chi connectivity index (χ0) is 14.5. The van der Waals surface area contributed by atoms with Gasteiger partial charge in [-0.15, -0.1) is 11.8 Å². The Kier molecular flexibility index (Phi) is 5.46. The monoisotopic (exact) mass is 309 g/mol. The van der Waals surface area contributed by atoms with Crippen LogP contribution >= 0.6 is 23.4 Å². The zero-order valence-electron chi connectivity index (χ0n) is 11.2. The van der Waals surface area contributed by atoms with Crippen molar-refractivity contribution >= 4 is 23.4 Å². The van der Waals surface area contributed by atoms with Gasteiger partial charge in [0.25, 0.3) is 0 Å². The van der Waals surface area contributed by atoms with Gasteiger partial charge < -0.3 is 5.73 Å². The zero-order valence-corrected chi connectivity index (χ0v) is 12.8. The first-order valence-corrected chi connectivity index (χ1v) is 7.79. The predicted molar refractivity (Wildman–Crippen MR) is 84.7 cm³/mol. The summed E-state index contributed by atoms with van der Waals surface area (Å²) in [5, 5.41) is 0.805. The Morgan fingerprint density at radius 3 is 2.50 bits per heavy atom. The maximum atomic E-state index is 13.0. The van der Waals surface area contributed by atoms with Gasteiger partial charge in [0.05, 0.1) is 0 Å². The first-order valence-electron chi connectivity index (χ1n) is 6.53. The molecule has 2 aromatic carbocycles. The molecule has 0 aliphatic heterocycles. The molecule has 0 amide bonds. The summed E-state index contributed by atoms with van der Waals surface area (Å²) < 4.78 is 13.0. The summed E-state index contributed by atoms with van der Waals surface area (Å²) in [4.78, 5) is 1.00. The first kappa shape index (κ1) is 15.4. The van der Waals surface area contributed by atoms with Crippen molar-refractivity contribution in [2.45, 2.75) is 29.5 Å². The third-order valence-electron chi connectivity index (χ3n) is 3.11. The Bertz CT molecular complexity index is 559. The molecule has 0 aliphatic carbocycles. The highest BCUT2D eigenvalue weighted by molar-refractivity contribution is 7.99. The molecule has 2 N–H and O–H groups in total. The fourth-order valence-corrected chi connectivity index (χ4v) is 3.40. The summed E-state index contributed by atoms with van der Waals surface area (Å²) in [6.45, 7) is 2.06. The van der Waals surface area contributed by atoms with Gasteiger partial charge >= 0.3 is 0 Å². The number of halogens is 2. The average Bonchev–Trinajstić information content (AvgIpc) is 2.46. The van der Waals surface area contributed by atoms with Gasteiger partial charge in [-0.2, -0.15) is 0 Å². The summed E-state index contributed by atoms with van der Waals surface area (Å²) in [5.74, 6) is -0.228. The van der Waals surface area contributed by atoms with Gasteiger partial charge in [-0.1, -0.05) is 30.7 Å². The van der Waals surface area contributed by atoms with Crippen molar-refractivity contribution in [3.63, 3.8) is 0 Å². The van der Waals surface area contributed by atoms with E-state index >= 15 is 0 Å². The quantitative estimate of drug-likeness (QED) is 0.782. The second-order valence-corrected chi connectivity index (χ2v) is 6.27. The van der Waals surface area contributed by atoms with Crippen LogP contribution in [0.3, 0.4) is 0 Å². The third-order valence-corrected chi connectivity index (χ3v) is 4.77. The standard InChI is InChI=1S/C16H17ClFNS/c1-2-15(19)16(11-4-3-5-12(17)10-11)20-14-8-6-13(18)7-9-14/h3-10,15-16H,2,19H2,1H3. The van der Waals surface area contributed by atoms with E-state index < -0.39 is 0 Å². The number of benzene rings is 2. The van der Waals surface area contributed by atoms with E-state index in [0.717, 1.165) is 16.9 Å². The van der Waals surface area contributed by atoms with E-state index in [1.54, 1.807) is 23.9 Å². The highest BCUT2D eigenvalue weighted by atomic mass is 35.5. The summed E-state index contributed by atoms with van der Waals surface area (Å²) in [6, 6.07) is 14.3. The Labute approximate surface area is 128 Å². The molecule has 2 atom stereocenters. The second kappa shape index (κ2) is 7.11. The summed E-state index contributed by atoms with van der Waals surface area (Å²) >= 11 is 7.70. The molecule has 0 fully saturated rings. The summed E-state index contributed by atoms with van der Waals surface area (Å²) in [5.41, 5.74) is 7.34. The molecule has 106 valence electrons. The molecule has 0 aliphatic rings. The third kappa shape index (κ3) is 3.98. The van der Waals surface area contributed by atoms with Crippen LogP contribution in [0.2, 0.25) is 5.02 Å². The lowest BCUT2D eigenvalue weighted by atomic mass is 10.0. The molecule has 0 heterocycles. The number of thioether (sulfide) groups is 1. The molecule has 1 nitrogen and oxygen atoms in total. The molecular weight excluding hydrogens is 293 g/mol. The molecule has 4 heteroatoms. The lowest BCUT2D eigenvalue weighted by Gasteiger charge is -2.23. The van der Waals surface area contributed by atoms with Gasteiger partial charge in [0.1, 0.15) is 5.82 Å². The van der Waals surface area contributed by atoms with E-state index in [4.69, 9.17) is 17.3 Å². The van der Waals surface area contributed by atoms with E-state index in [2.05, 4.69) is 6.92 Å². The number of rotatable bonds is 5. The molecule has 0 aromatic heterocycles. The SMILES string of the molecule is CCC(N)C(Sc1ccc(F)cc1)c1cccc(Cl)c1. The van der Waals surface area contributed by atoms with Crippen LogP contribution in [0.1, 0.15) is 24.2 Å². The maximum Gasteiger partial charge on any atom is 0.123 e. The molecule has 0 saturated heterocycles. The first-order chi connectivity index (χ1) is 9.60. The molecule has 2 unspecified atom stereocenters. The van der Waals surface area contributed by atoms with Crippen LogP contribution in [0.25, 0.3) is 0 Å². The Balaban J connectivity index is 2.26. The Hall–Kier alpha value is -1.03. The van der Waals surface area contributed by atoms with Crippen molar-refractivity contribution in [3.8, 4) is 0 Å². The number of nitrogens with two attached hydrogens (primary N) is 1. The number of hydrogen-bond acceptors (Lipinski definition) is 2. The van der Waals surface area contributed by atoms with E-state index in [1.165, 1.54) is 12.1 Å². The highest BCUT2D eigenvalue weighted by Gasteiger charge is 2.20. The minimum absolute atomic E-state index is 0.0171. The molecule has 0 spiro atoms. The van der Waals surface area contributed by atoms with Crippen LogP contribution in [0, 0.1) is 5.82 Å². The molecule has 2 aromatic rings. The molecule has 0 saturated carbocycles. The van der Waals surface area contributed by atoms with Gasteiger partial charge in [0.15, 0.2) is 0 Å². The van der Waals surface area contributed by atoms with E-state index in [9.17, 15) is 4.39 Å². The maximum absolute atomic E-state index is 13.0. The molecule has 20 heavy (non-hydrogen) atoms. The van der Waals surface area contributed by atoms with Crippen LogP contribution < -0.4 is 5.73 Å². The van der Waals surface area contributed by atoms with E-state index in [-0.39, 0.29) is 17.1 Å². The summed E-state index contributed by atoms with van der Waals surface area (Å²) in [7, 11) is 0. The van der Waals surface area contributed by atoms with Crippen LogP contribution in [0.4, 0.5) is 4.39 Å². The smallest absolute Gasteiger partial charge is 0.123 e. The predicted octanol–water partition coefficient (Wildman–Crippen LogP) is 5.05. The minimum Gasteiger partial charge on any atom is -0.326 e. The van der Waals surface area contributed by atoms with Crippen LogP contribution in [0.5, 0.6) is 0 Å². The Morgan fingerprint density at radius 2 is 1.90 bits per heavy atom. The topological polar surface area (TPSA) is 26.0 Å². The van der Waals surface area contributed by atoms with Crippen LogP contribution in [-0.2, 0) is 0 Å². The van der Waals surface area contributed by atoms with Crippen LogP contribution in [-0.4, -0.2) is 6.04 Å². The van der Waals surface area contributed by atoms with Crippen molar-refractivity contribution in [2.75, 3.05) is 0 Å². The van der Waals surface area contributed by atoms with Gasteiger partial charge in [-0.05, 0) is 48.4 Å². The molecular formula is C16H17ClFNS. The molecule has 2 rings (SSSR count). The van der Waals surface area contributed by atoms with Crippen molar-refractivity contribution in [1.29, 1.82) is 0 Å². The van der Waals surface area contributed by atoms with Gasteiger partial charge in [0, 0.05) is 21.2 Å². The molecule has 0 bridgehead atoms. The largest absolute Gasteiger partial charge is 0.326 e. The van der Waals surface area contributed by atoms with Crippen molar-refractivity contribution in [1.82, 2.24) is 0 Å². The molecule has 0 radical (unpaired) electrons. The van der Waals surface area contributed by atoms with Crippen molar-refractivity contribution in [3.05, 3.63) is 64.9 Å². The Morgan fingerprint density at radius 1 is 1.20 bits per heavy atom. The van der Waals surface area contributed by atoms with Gasteiger partial charge in [-0.3, -0.25) is 0 Å². The van der Waals surface area contributed by atoms with Crippen molar-refractivity contribution < 1.29 is 4.39 Å². The van der Waals surface area contributed by atoms with Gasteiger partial charge in [0.2, 0.25) is 0 Å². The van der Waals surface area contributed by atoms with Crippen molar-refractivity contribution in [2.24, 2.45) is 5.73 Å². The average molecular weight is 310 g/mol. The van der Waals surface area contributed by atoms with Crippen LogP contribution in [0.15, 0.2) is 53.4 Å². The minimum atomic E-state index is -0.228. The highest BCUT2D eigenvalue weighted by Crippen LogP contribution is 2.38. The second-order valence-electron chi connectivity index (χ2n) is 4.62. The lowest BCUT2D eigenvalue weighted by molar-refractivity contribution is 0.625. The fraction of sp³-hybridized carbons (Fsp3) is 0.250. The normalized spacial score (nSPS) is 14.0. The summed E-state index contributed by atoms with van der Waals surface area (Å²) in [6.07, 6.45) is 0.866. The number of hydrogen-bond donors (Lipinski definition) is 1.